The molecule has 0 bridgehead atoms. The van der Waals surface area contributed by atoms with Gasteiger partial charge < -0.3 is 19.5 Å². The van der Waals surface area contributed by atoms with E-state index in [4.69, 9.17) is 14.2 Å². The first-order chi connectivity index (χ1) is 15.9. The van der Waals surface area contributed by atoms with Crippen molar-refractivity contribution in [1.82, 2.24) is 4.31 Å². The number of anilines is 1. The summed E-state index contributed by atoms with van der Waals surface area (Å²) in [5.74, 6) is 0.933. The second-order valence-electron chi connectivity index (χ2n) is 7.46. The van der Waals surface area contributed by atoms with Crippen LogP contribution in [-0.4, -0.2) is 52.5 Å². The predicted molar refractivity (Wildman–Crippen MR) is 127 cm³/mol. The van der Waals surface area contributed by atoms with Gasteiger partial charge in [-0.25, -0.2) is 8.42 Å². The molecule has 2 aromatic rings. The maximum atomic E-state index is 13.3. The summed E-state index contributed by atoms with van der Waals surface area (Å²) in [4.78, 5) is 12.6. The standard InChI is InChI=1S/C24H30N2O6S/c1-4-32-20-13-12-19(17-22(20)33(28,29)26-15-6-5-7-16-26)25-23(27)14-11-18-9-8-10-21(30-2)24(18)31-3/h8-14,17H,4-7,15-16H2,1-3H3,(H,25,27). The van der Waals surface area contributed by atoms with Crippen LogP contribution in [0.4, 0.5) is 5.69 Å². The normalized spacial score (nSPS) is 14.8. The highest BCUT2D eigenvalue weighted by Crippen LogP contribution is 2.33. The molecule has 1 fully saturated rings. The number of sulfonamides is 1. The van der Waals surface area contributed by atoms with Gasteiger partial charge in [-0.2, -0.15) is 4.31 Å². The lowest BCUT2D eigenvalue weighted by molar-refractivity contribution is -0.111. The largest absolute Gasteiger partial charge is 0.493 e. The van der Waals surface area contributed by atoms with Crippen molar-refractivity contribution in [3.63, 3.8) is 0 Å². The minimum atomic E-state index is -3.74. The number of hydrogen-bond donors (Lipinski definition) is 1. The van der Waals surface area contributed by atoms with Gasteiger partial charge in [-0.3, -0.25) is 4.79 Å². The number of nitrogens with one attached hydrogen (secondary N) is 1. The lowest BCUT2D eigenvalue weighted by Crippen LogP contribution is -2.35. The molecule has 0 aromatic heterocycles. The molecule has 8 nitrogen and oxygen atoms in total. The number of methoxy groups -OCH3 is 2. The molecule has 1 N–H and O–H groups in total. The molecule has 1 aliphatic heterocycles. The molecule has 0 spiro atoms. The van der Waals surface area contributed by atoms with Crippen molar-refractivity contribution in [3.05, 3.63) is 48.0 Å². The molecule has 0 unspecified atom stereocenters. The molecule has 1 heterocycles. The van der Waals surface area contributed by atoms with Crippen molar-refractivity contribution in [2.75, 3.05) is 39.2 Å². The molecular formula is C24H30N2O6S. The van der Waals surface area contributed by atoms with Crippen LogP contribution in [0.2, 0.25) is 0 Å². The van der Waals surface area contributed by atoms with Gasteiger partial charge in [-0.1, -0.05) is 18.6 Å². The molecule has 33 heavy (non-hydrogen) atoms. The van der Waals surface area contributed by atoms with Gasteiger partial charge in [0.05, 0.1) is 20.8 Å². The first-order valence-electron chi connectivity index (χ1n) is 10.9. The van der Waals surface area contributed by atoms with Crippen LogP contribution in [0.5, 0.6) is 17.2 Å². The number of benzene rings is 2. The van der Waals surface area contributed by atoms with Crippen LogP contribution in [0.3, 0.4) is 0 Å². The quantitative estimate of drug-likeness (QED) is 0.554. The van der Waals surface area contributed by atoms with Crippen molar-refractivity contribution >= 4 is 27.7 Å². The smallest absolute Gasteiger partial charge is 0.248 e. The lowest BCUT2D eigenvalue weighted by atomic mass is 10.1. The van der Waals surface area contributed by atoms with Gasteiger partial charge >= 0.3 is 0 Å². The number of carbonyl (C=O) groups is 1. The highest BCUT2D eigenvalue weighted by molar-refractivity contribution is 7.89. The Labute approximate surface area is 195 Å². The predicted octanol–water partition coefficient (Wildman–Crippen LogP) is 3.93. The molecule has 1 amide bonds. The maximum absolute atomic E-state index is 13.3. The van der Waals surface area contributed by atoms with E-state index in [0.29, 0.717) is 42.4 Å². The Morgan fingerprint density at radius 3 is 2.48 bits per heavy atom. The number of ether oxygens (including phenoxy) is 3. The fraction of sp³-hybridized carbons (Fsp3) is 0.375. The summed E-state index contributed by atoms with van der Waals surface area (Å²) in [6.45, 7) is 3.09. The summed E-state index contributed by atoms with van der Waals surface area (Å²) < 4.78 is 44.2. The molecular weight excluding hydrogens is 444 g/mol. The molecule has 9 heteroatoms. The Morgan fingerprint density at radius 1 is 1.06 bits per heavy atom. The number of rotatable bonds is 9. The molecule has 0 aliphatic carbocycles. The van der Waals surface area contributed by atoms with Crippen LogP contribution in [0.25, 0.3) is 6.08 Å². The van der Waals surface area contributed by atoms with Gasteiger partial charge in [0.15, 0.2) is 11.5 Å². The van der Waals surface area contributed by atoms with Crippen molar-refractivity contribution in [2.45, 2.75) is 31.1 Å². The molecule has 0 radical (unpaired) electrons. The molecule has 2 aromatic carbocycles. The van der Waals surface area contributed by atoms with E-state index in [1.165, 1.54) is 23.6 Å². The van der Waals surface area contributed by atoms with Gasteiger partial charge in [0.25, 0.3) is 0 Å². The zero-order chi connectivity index (χ0) is 23.8. The first kappa shape index (κ1) is 24.6. The van der Waals surface area contributed by atoms with Crippen LogP contribution in [0.15, 0.2) is 47.4 Å². The topological polar surface area (TPSA) is 94.2 Å². The van der Waals surface area contributed by atoms with Gasteiger partial charge in [0.2, 0.25) is 15.9 Å². The molecule has 0 saturated carbocycles. The van der Waals surface area contributed by atoms with Crippen LogP contribution in [0, 0.1) is 0 Å². The fourth-order valence-electron chi connectivity index (χ4n) is 3.70. The van der Waals surface area contributed by atoms with Gasteiger partial charge in [-0.05, 0) is 50.1 Å². The average molecular weight is 475 g/mol. The Hall–Kier alpha value is -3.04. The Kier molecular flexibility index (Phi) is 8.35. The monoisotopic (exact) mass is 474 g/mol. The molecule has 1 aliphatic rings. The highest BCUT2D eigenvalue weighted by atomic mass is 32.2. The summed E-state index contributed by atoms with van der Waals surface area (Å²) in [7, 11) is -0.668. The third kappa shape index (κ3) is 5.85. The van der Waals surface area contributed by atoms with E-state index < -0.39 is 15.9 Å². The van der Waals surface area contributed by atoms with Crippen LogP contribution in [-0.2, 0) is 14.8 Å². The van der Waals surface area contributed by atoms with E-state index in [9.17, 15) is 13.2 Å². The van der Waals surface area contributed by atoms with E-state index in [1.54, 1.807) is 50.4 Å². The third-order valence-electron chi connectivity index (χ3n) is 5.29. The minimum absolute atomic E-state index is 0.0579. The summed E-state index contributed by atoms with van der Waals surface area (Å²) in [6.07, 6.45) is 5.64. The number of hydrogen-bond acceptors (Lipinski definition) is 6. The number of piperidine rings is 1. The van der Waals surface area contributed by atoms with E-state index in [-0.39, 0.29) is 10.6 Å². The summed E-state index contributed by atoms with van der Waals surface area (Å²) in [6, 6.07) is 10.0. The van der Waals surface area contributed by atoms with Crippen LogP contribution >= 0.6 is 0 Å². The summed E-state index contributed by atoms with van der Waals surface area (Å²) in [5.41, 5.74) is 1.04. The Bertz CT molecular complexity index is 1110. The highest BCUT2D eigenvalue weighted by Gasteiger charge is 2.29. The van der Waals surface area contributed by atoms with Crippen LogP contribution in [0.1, 0.15) is 31.7 Å². The molecule has 0 atom stereocenters. The molecule has 1 saturated heterocycles. The second kappa shape index (κ2) is 11.2. The van der Waals surface area contributed by atoms with E-state index in [0.717, 1.165) is 19.3 Å². The number of nitrogens with zero attached hydrogens (tertiary/aromatic N) is 1. The van der Waals surface area contributed by atoms with E-state index in [2.05, 4.69) is 5.32 Å². The third-order valence-corrected chi connectivity index (χ3v) is 7.21. The molecule has 178 valence electrons. The zero-order valence-electron chi connectivity index (χ0n) is 19.2. The Morgan fingerprint density at radius 2 is 1.82 bits per heavy atom. The first-order valence-corrected chi connectivity index (χ1v) is 12.3. The van der Waals surface area contributed by atoms with Crippen molar-refractivity contribution in [2.24, 2.45) is 0 Å². The number of para-hydroxylation sites is 1. The van der Waals surface area contributed by atoms with Gasteiger partial charge in [0.1, 0.15) is 10.6 Å². The SMILES string of the molecule is CCOc1ccc(NC(=O)C=Cc2cccc(OC)c2OC)cc1S(=O)(=O)N1CCCCC1. The average Bonchev–Trinajstić information content (AvgIpc) is 2.83. The Balaban J connectivity index is 1.83. The van der Waals surface area contributed by atoms with Gasteiger partial charge in [0, 0.05) is 30.4 Å². The van der Waals surface area contributed by atoms with Crippen molar-refractivity contribution in [3.8, 4) is 17.2 Å². The zero-order valence-corrected chi connectivity index (χ0v) is 20.0. The number of amides is 1. The van der Waals surface area contributed by atoms with E-state index in [1.807, 2.05) is 0 Å². The second-order valence-corrected chi connectivity index (χ2v) is 9.37. The van der Waals surface area contributed by atoms with Crippen LogP contribution < -0.4 is 19.5 Å². The van der Waals surface area contributed by atoms with Gasteiger partial charge in [-0.15, -0.1) is 0 Å². The van der Waals surface area contributed by atoms with Crippen molar-refractivity contribution < 1.29 is 27.4 Å². The summed E-state index contributed by atoms with van der Waals surface area (Å²) in [5, 5.41) is 2.73. The molecule has 3 rings (SSSR count). The minimum Gasteiger partial charge on any atom is -0.493 e. The van der Waals surface area contributed by atoms with Crippen molar-refractivity contribution in [1.29, 1.82) is 0 Å². The fourth-order valence-corrected chi connectivity index (χ4v) is 5.37. The maximum Gasteiger partial charge on any atom is 0.248 e. The summed E-state index contributed by atoms with van der Waals surface area (Å²) >= 11 is 0. The van der Waals surface area contributed by atoms with E-state index >= 15 is 0 Å². The lowest BCUT2D eigenvalue weighted by Gasteiger charge is -2.26. The number of carbonyl (C=O) groups excluding carboxylic acids is 1.